The van der Waals surface area contributed by atoms with Crippen LogP contribution in [0.5, 0.6) is 23.0 Å². The van der Waals surface area contributed by atoms with Crippen LogP contribution in [-0.4, -0.2) is 72.3 Å². The third-order valence-corrected chi connectivity index (χ3v) is 11.3. The van der Waals surface area contributed by atoms with E-state index in [1.807, 2.05) is 115 Å². The third-order valence-electron chi connectivity index (χ3n) is 10.5. The molecule has 0 saturated heterocycles. The second kappa shape index (κ2) is 20.3. The largest absolute Gasteiger partial charge is 0.492 e. The van der Waals surface area contributed by atoms with Crippen LogP contribution in [0.1, 0.15) is 22.3 Å². The van der Waals surface area contributed by atoms with Gasteiger partial charge in [0.2, 0.25) is 0 Å². The fourth-order valence-electron chi connectivity index (χ4n) is 7.96. The minimum absolute atomic E-state index is 0.378. The van der Waals surface area contributed by atoms with Gasteiger partial charge in [-0.25, -0.2) is 20.0 Å². The van der Waals surface area contributed by atoms with E-state index in [9.17, 15) is 0 Å². The lowest BCUT2D eigenvalue weighted by atomic mass is 9.85. The summed E-state index contributed by atoms with van der Waals surface area (Å²) < 4.78 is 25.9. The summed E-state index contributed by atoms with van der Waals surface area (Å²) in [7, 11) is 0. The molecule has 0 radical (unpaired) electrons. The average molecular weight is 917 g/mol. The van der Waals surface area contributed by atoms with E-state index in [1.165, 1.54) is 0 Å². The first-order chi connectivity index (χ1) is 31.6. The van der Waals surface area contributed by atoms with E-state index in [1.54, 1.807) is 0 Å². The van der Waals surface area contributed by atoms with Crippen LogP contribution in [0, 0.1) is 0 Å². The van der Waals surface area contributed by atoms with E-state index in [-0.39, 0.29) is 0 Å². The molecule has 12 heteroatoms. The zero-order chi connectivity index (χ0) is 43.8. The molecular weight excluding hydrogens is 873 g/mol. The first-order valence-corrected chi connectivity index (χ1v) is 23.5. The number of nitrogens with zero attached hydrogens (tertiary/aromatic N) is 4. The normalized spacial score (nSPS) is 16.2. The topological polar surface area (TPSA) is 86.4 Å². The summed E-state index contributed by atoms with van der Waals surface area (Å²) in [5.74, 6) is 4.84. The summed E-state index contributed by atoms with van der Waals surface area (Å²) in [6, 6.07) is 32.2. The van der Waals surface area contributed by atoms with Crippen LogP contribution in [0.4, 0.5) is 0 Å². The number of ether oxygens (including phenoxy) is 4. The van der Waals surface area contributed by atoms with E-state index in [2.05, 4.69) is 80.9 Å². The Balaban J connectivity index is 1.46. The van der Waals surface area contributed by atoms with E-state index < -0.39 is 0 Å². The van der Waals surface area contributed by atoms with E-state index in [0.29, 0.717) is 95.3 Å². The summed E-state index contributed by atoms with van der Waals surface area (Å²) in [5.41, 5.74) is 12.2. The molecule has 9 rings (SSSR count). The van der Waals surface area contributed by atoms with Crippen molar-refractivity contribution in [3.8, 4) is 23.0 Å². The first kappa shape index (κ1) is 43.3. The monoisotopic (exact) mass is 916 g/mol. The van der Waals surface area contributed by atoms with Crippen molar-refractivity contribution in [2.75, 3.05) is 49.4 Å². The summed E-state index contributed by atoms with van der Waals surface area (Å²) in [6.45, 7) is 1.59. The van der Waals surface area contributed by atoms with Gasteiger partial charge in [0.25, 0.3) is 0 Å². The number of benzene rings is 4. The van der Waals surface area contributed by atoms with Crippen molar-refractivity contribution in [3.63, 3.8) is 0 Å². The van der Waals surface area contributed by atoms with Gasteiger partial charge in [0, 0.05) is 67.6 Å². The van der Waals surface area contributed by atoms with Gasteiger partial charge in [-0.05, 0) is 72.9 Å². The molecule has 0 N–H and O–H groups in total. The molecule has 5 aliphatic heterocycles. The molecule has 64 heavy (non-hydrogen) atoms. The van der Waals surface area contributed by atoms with E-state index >= 15 is 0 Å². The number of para-hydroxylation sites is 4. The summed E-state index contributed by atoms with van der Waals surface area (Å²) >= 11 is 18.1. The highest BCUT2D eigenvalue weighted by atomic mass is 32.1. The standard InChI is InChI=1S/C52H44N4O4S4/c61-25-21-57-44-13-5-1-9-38(44)42-31-37-30-35-18-17-33(53-35)29-34-19-20-36(54-34)32-43-48(39-10-2-6-14-45(39)58-22-26-62)49(40-11-3-7-15-46(40)59-23-27-63)52(56-43)50(51(42)55-37)41-12-4-8-16-47(41)60-24-28-64/h1-20,29-32,61-64H,21-28H2. The molecule has 0 aliphatic carbocycles. The number of hydrogen-bond donors (Lipinski definition) is 4. The Morgan fingerprint density at radius 1 is 0.375 bits per heavy atom. The fourth-order valence-corrected chi connectivity index (χ4v) is 8.33. The summed E-state index contributed by atoms with van der Waals surface area (Å²) in [6.07, 6.45) is 16.1. The minimum atomic E-state index is 0.378. The van der Waals surface area contributed by atoms with Gasteiger partial charge in [-0.1, -0.05) is 72.8 Å². The number of allylic oxidation sites excluding steroid dienone is 12. The van der Waals surface area contributed by atoms with Gasteiger partial charge in [-0.15, -0.1) is 0 Å². The Morgan fingerprint density at radius 3 is 1.31 bits per heavy atom. The van der Waals surface area contributed by atoms with Gasteiger partial charge in [-0.2, -0.15) is 50.5 Å². The number of rotatable bonds is 16. The van der Waals surface area contributed by atoms with Gasteiger partial charge in [-0.3, -0.25) is 0 Å². The van der Waals surface area contributed by atoms with E-state index in [4.69, 9.17) is 38.9 Å². The minimum Gasteiger partial charge on any atom is -0.492 e. The van der Waals surface area contributed by atoms with Gasteiger partial charge in [0.1, 0.15) is 23.0 Å². The molecule has 0 spiro atoms. The maximum atomic E-state index is 6.55. The van der Waals surface area contributed by atoms with Crippen molar-refractivity contribution in [2.24, 2.45) is 20.0 Å². The fraction of sp³-hybridized carbons (Fsp3) is 0.154. The van der Waals surface area contributed by atoms with Crippen molar-refractivity contribution in [1.82, 2.24) is 0 Å². The lowest BCUT2D eigenvalue weighted by Gasteiger charge is -2.21. The second-order valence-corrected chi connectivity index (χ2v) is 16.5. The Hall–Kier alpha value is -5.92. The second-order valence-electron chi connectivity index (χ2n) is 14.7. The van der Waals surface area contributed by atoms with Crippen molar-refractivity contribution in [1.29, 1.82) is 0 Å². The molecule has 0 amide bonds. The molecular formula is C52H44N4O4S4. The SMILES string of the molecule is SCCOc1ccccc1C1=CC2=CC3=NC(=CC4=NC(=CC5=NC(=C(c6ccccc6OCCS)C1=N2)C(c1ccccc1OCCS)=C5c1ccccc1OCCS)C=C4)C=C3. The lowest BCUT2D eigenvalue weighted by molar-refractivity contribution is 0.343. The molecule has 0 atom stereocenters. The number of hydrogen-bond acceptors (Lipinski definition) is 12. The average Bonchev–Trinajstić information content (AvgIpc) is 4.14. The number of aliphatic imine (C=N–C) groups is 4. The van der Waals surface area contributed by atoms with Crippen molar-refractivity contribution in [2.45, 2.75) is 0 Å². The lowest BCUT2D eigenvalue weighted by Crippen LogP contribution is -2.11. The van der Waals surface area contributed by atoms with Crippen molar-refractivity contribution >= 4 is 95.7 Å². The molecule has 8 nitrogen and oxygen atoms in total. The zero-order valence-corrected chi connectivity index (χ0v) is 38.3. The Bertz CT molecular complexity index is 2890. The van der Waals surface area contributed by atoms with Crippen LogP contribution >= 0.6 is 50.5 Å². The highest BCUT2D eigenvalue weighted by Gasteiger charge is 2.36. The molecule has 0 unspecified atom stereocenters. The molecule has 8 bridgehead atoms. The molecule has 5 heterocycles. The molecule has 0 fully saturated rings. The molecule has 0 saturated carbocycles. The van der Waals surface area contributed by atoms with Crippen molar-refractivity contribution < 1.29 is 18.9 Å². The van der Waals surface area contributed by atoms with Gasteiger partial charge in [0.05, 0.1) is 72.1 Å². The van der Waals surface area contributed by atoms with E-state index in [0.717, 1.165) is 67.4 Å². The van der Waals surface area contributed by atoms with Gasteiger partial charge < -0.3 is 18.9 Å². The highest BCUT2D eigenvalue weighted by Crippen LogP contribution is 2.51. The Kier molecular flexibility index (Phi) is 13.7. The van der Waals surface area contributed by atoms with Crippen LogP contribution in [0.3, 0.4) is 0 Å². The predicted molar refractivity (Wildman–Crippen MR) is 277 cm³/mol. The molecule has 0 aromatic heterocycles. The van der Waals surface area contributed by atoms with Gasteiger partial charge in [0.15, 0.2) is 0 Å². The molecule has 4 aromatic carbocycles. The quantitative estimate of drug-likeness (QED) is 0.0844. The first-order valence-electron chi connectivity index (χ1n) is 21.0. The third kappa shape index (κ3) is 9.19. The highest BCUT2D eigenvalue weighted by molar-refractivity contribution is 7.80. The predicted octanol–water partition coefficient (Wildman–Crippen LogP) is 10.9. The maximum Gasteiger partial charge on any atom is 0.127 e. The van der Waals surface area contributed by atoms with Crippen LogP contribution in [0.25, 0.3) is 22.3 Å². The zero-order valence-electron chi connectivity index (χ0n) is 34.7. The smallest absolute Gasteiger partial charge is 0.127 e. The molecule has 4 aromatic rings. The Morgan fingerprint density at radius 2 is 0.797 bits per heavy atom. The summed E-state index contributed by atoms with van der Waals surface area (Å²) in [4.78, 5) is 21.3. The van der Waals surface area contributed by atoms with Crippen LogP contribution < -0.4 is 18.9 Å². The maximum absolute atomic E-state index is 6.55. The van der Waals surface area contributed by atoms with Crippen LogP contribution in [-0.2, 0) is 0 Å². The number of fused-ring (bicyclic) bond motifs is 4. The molecule has 320 valence electrons. The summed E-state index contributed by atoms with van der Waals surface area (Å²) in [5, 5.41) is 0. The Labute approximate surface area is 395 Å². The number of thiol groups is 4. The van der Waals surface area contributed by atoms with Crippen molar-refractivity contribution in [3.05, 3.63) is 191 Å². The van der Waals surface area contributed by atoms with Gasteiger partial charge >= 0.3 is 0 Å². The molecule has 5 aliphatic rings. The van der Waals surface area contributed by atoms with Crippen LogP contribution in [0.2, 0.25) is 0 Å². The van der Waals surface area contributed by atoms with Crippen LogP contribution in [0.15, 0.2) is 188 Å².